The second kappa shape index (κ2) is 8.83. The van der Waals surface area contributed by atoms with Crippen molar-refractivity contribution in [1.29, 1.82) is 0 Å². The molecule has 12 heteroatoms. The SMILES string of the molecule is COc1ccc(S(=O)(=O)C(F)(F)F)cc1NC(=O)Cc1cc(Cl)c2c(c1)OCCCO2. The van der Waals surface area contributed by atoms with E-state index in [9.17, 15) is 26.4 Å². The number of hydrogen-bond donors (Lipinski definition) is 1. The predicted molar refractivity (Wildman–Crippen MR) is 106 cm³/mol. The van der Waals surface area contributed by atoms with Crippen LogP contribution in [0.15, 0.2) is 35.2 Å². The second-order valence-corrected chi connectivity index (χ2v) is 8.84. The van der Waals surface area contributed by atoms with Gasteiger partial charge in [-0.15, -0.1) is 0 Å². The fraction of sp³-hybridized carbons (Fsp3) is 0.316. The molecular formula is C19H17ClF3NO6S. The summed E-state index contributed by atoms with van der Waals surface area (Å²) in [5, 5.41) is 2.62. The van der Waals surface area contributed by atoms with E-state index in [1.807, 2.05) is 0 Å². The van der Waals surface area contributed by atoms with Crippen LogP contribution in [-0.2, 0) is 21.1 Å². The molecule has 0 bridgehead atoms. The summed E-state index contributed by atoms with van der Waals surface area (Å²) in [7, 11) is -4.36. The molecule has 3 rings (SSSR count). The molecule has 168 valence electrons. The first-order valence-electron chi connectivity index (χ1n) is 8.90. The van der Waals surface area contributed by atoms with Crippen LogP contribution in [0.2, 0.25) is 5.02 Å². The molecule has 1 aliphatic heterocycles. The minimum Gasteiger partial charge on any atom is -0.495 e. The Kier molecular flexibility index (Phi) is 6.56. The van der Waals surface area contributed by atoms with Crippen molar-refractivity contribution >= 4 is 33.0 Å². The van der Waals surface area contributed by atoms with Gasteiger partial charge in [0.05, 0.1) is 42.3 Å². The van der Waals surface area contributed by atoms with Crippen molar-refractivity contribution in [3.05, 3.63) is 40.9 Å². The van der Waals surface area contributed by atoms with Gasteiger partial charge < -0.3 is 19.5 Å². The lowest BCUT2D eigenvalue weighted by Gasteiger charge is -2.14. The molecule has 0 radical (unpaired) electrons. The lowest BCUT2D eigenvalue weighted by Crippen LogP contribution is -2.23. The van der Waals surface area contributed by atoms with Crippen LogP contribution < -0.4 is 19.5 Å². The Morgan fingerprint density at radius 2 is 1.90 bits per heavy atom. The van der Waals surface area contributed by atoms with E-state index in [4.69, 9.17) is 25.8 Å². The van der Waals surface area contributed by atoms with Gasteiger partial charge >= 0.3 is 5.51 Å². The van der Waals surface area contributed by atoms with Gasteiger partial charge in [0.15, 0.2) is 11.5 Å². The van der Waals surface area contributed by atoms with Crippen LogP contribution in [0.5, 0.6) is 17.2 Å². The third-order valence-electron chi connectivity index (χ3n) is 4.29. The topological polar surface area (TPSA) is 90.9 Å². The number of halogens is 4. The third-order valence-corrected chi connectivity index (χ3v) is 6.05. The Balaban J connectivity index is 1.84. The van der Waals surface area contributed by atoms with Crippen LogP contribution in [0.25, 0.3) is 0 Å². The molecule has 0 aliphatic carbocycles. The maximum Gasteiger partial charge on any atom is 0.501 e. The summed E-state index contributed by atoms with van der Waals surface area (Å²) in [6.45, 7) is 0.847. The molecule has 0 fully saturated rings. The van der Waals surface area contributed by atoms with Crippen LogP contribution in [0.3, 0.4) is 0 Å². The molecule has 31 heavy (non-hydrogen) atoms. The first-order chi connectivity index (χ1) is 14.5. The highest BCUT2D eigenvalue weighted by Gasteiger charge is 2.47. The standard InChI is InChI=1S/C19H17ClF3NO6S/c1-28-15-4-3-12(31(26,27)19(21,22)23)10-14(15)24-17(25)9-11-7-13(20)18-16(8-11)29-5-2-6-30-18/h3-4,7-8,10H,2,5-6,9H2,1H3,(H,24,25). The fourth-order valence-electron chi connectivity index (χ4n) is 2.85. The van der Waals surface area contributed by atoms with Gasteiger partial charge in [-0.2, -0.15) is 13.2 Å². The minimum atomic E-state index is -5.59. The van der Waals surface area contributed by atoms with E-state index in [-0.39, 0.29) is 22.9 Å². The van der Waals surface area contributed by atoms with Gasteiger partial charge in [0.1, 0.15) is 5.75 Å². The summed E-state index contributed by atoms with van der Waals surface area (Å²) in [4.78, 5) is 11.5. The molecule has 2 aromatic rings. The fourth-order valence-corrected chi connectivity index (χ4v) is 3.93. The van der Waals surface area contributed by atoms with Crippen molar-refractivity contribution in [3.8, 4) is 17.2 Å². The first-order valence-corrected chi connectivity index (χ1v) is 10.8. The highest BCUT2D eigenvalue weighted by Crippen LogP contribution is 2.38. The van der Waals surface area contributed by atoms with Crippen molar-refractivity contribution in [2.75, 3.05) is 25.6 Å². The molecule has 7 nitrogen and oxygen atoms in total. The maximum absolute atomic E-state index is 12.8. The zero-order chi connectivity index (χ0) is 22.8. The summed E-state index contributed by atoms with van der Waals surface area (Å²) >= 11 is 6.19. The molecule has 1 aliphatic rings. The average molecular weight is 480 g/mol. The number of carbonyl (C=O) groups excluding carboxylic acids is 1. The molecule has 0 unspecified atom stereocenters. The van der Waals surface area contributed by atoms with Crippen molar-refractivity contribution in [2.24, 2.45) is 0 Å². The van der Waals surface area contributed by atoms with Crippen molar-refractivity contribution in [1.82, 2.24) is 0 Å². The highest BCUT2D eigenvalue weighted by atomic mass is 35.5. The molecule has 0 aromatic heterocycles. The number of alkyl halides is 3. The van der Waals surface area contributed by atoms with E-state index < -0.39 is 26.1 Å². The Morgan fingerprint density at radius 3 is 2.58 bits per heavy atom. The lowest BCUT2D eigenvalue weighted by atomic mass is 10.1. The number of sulfone groups is 1. The number of fused-ring (bicyclic) bond motifs is 1. The van der Waals surface area contributed by atoms with E-state index in [2.05, 4.69) is 5.32 Å². The van der Waals surface area contributed by atoms with Crippen LogP contribution in [0.1, 0.15) is 12.0 Å². The van der Waals surface area contributed by atoms with Gasteiger partial charge in [0.2, 0.25) is 5.91 Å². The minimum absolute atomic E-state index is 0.00818. The molecule has 1 amide bonds. The zero-order valence-electron chi connectivity index (χ0n) is 16.1. The van der Waals surface area contributed by atoms with Crippen LogP contribution in [0.4, 0.5) is 18.9 Å². The number of nitrogens with one attached hydrogen (secondary N) is 1. The van der Waals surface area contributed by atoms with Gasteiger partial charge in [-0.1, -0.05) is 11.6 Å². The van der Waals surface area contributed by atoms with Gasteiger partial charge in [0, 0.05) is 6.42 Å². The van der Waals surface area contributed by atoms with E-state index >= 15 is 0 Å². The summed E-state index contributed by atoms with van der Waals surface area (Å²) in [6, 6.07) is 5.56. The molecule has 0 saturated carbocycles. The molecule has 0 saturated heterocycles. The van der Waals surface area contributed by atoms with Crippen molar-refractivity contribution in [3.63, 3.8) is 0 Å². The van der Waals surface area contributed by atoms with E-state index in [1.165, 1.54) is 13.2 Å². The van der Waals surface area contributed by atoms with Gasteiger partial charge in [0.25, 0.3) is 9.84 Å². The molecule has 2 aromatic carbocycles. The Morgan fingerprint density at radius 1 is 1.19 bits per heavy atom. The van der Waals surface area contributed by atoms with E-state index in [0.29, 0.717) is 42.8 Å². The lowest BCUT2D eigenvalue weighted by molar-refractivity contribution is -0.115. The Bertz CT molecular complexity index is 1100. The van der Waals surface area contributed by atoms with E-state index in [1.54, 1.807) is 6.07 Å². The van der Waals surface area contributed by atoms with Gasteiger partial charge in [-0.3, -0.25) is 4.79 Å². The molecular weight excluding hydrogens is 463 g/mol. The quantitative estimate of drug-likeness (QED) is 0.697. The molecule has 0 atom stereocenters. The summed E-state index contributed by atoms with van der Waals surface area (Å²) in [6.07, 6.45) is 0.452. The number of carbonyl (C=O) groups is 1. The van der Waals surface area contributed by atoms with E-state index in [0.717, 1.165) is 12.1 Å². The maximum atomic E-state index is 12.8. The predicted octanol–water partition coefficient (Wildman–Crippen LogP) is 3.98. The largest absolute Gasteiger partial charge is 0.501 e. The van der Waals surface area contributed by atoms with Crippen molar-refractivity contribution < 1.29 is 40.6 Å². The first kappa shape index (κ1) is 23.0. The Labute approximate surface area is 181 Å². The number of amides is 1. The number of hydrogen-bond acceptors (Lipinski definition) is 6. The summed E-state index contributed by atoms with van der Waals surface area (Å²) in [5.41, 5.74) is -5.24. The number of ether oxygens (including phenoxy) is 3. The normalized spacial score (nSPS) is 14.0. The molecule has 1 heterocycles. The molecule has 1 N–H and O–H groups in total. The van der Waals surface area contributed by atoms with Gasteiger partial charge in [-0.25, -0.2) is 8.42 Å². The summed E-state index contributed by atoms with van der Waals surface area (Å²) in [5.74, 6) is 0.107. The van der Waals surface area contributed by atoms with Crippen LogP contribution in [0, 0.1) is 0 Å². The summed E-state index contributed by atoms with van der Waals surface area (Å²) < 4.78 is 78.0. The van der Waals surface area contributed by atoms with Crippen LogP contribution in [-0.4, -0.2) is 40.2 Å². The Hall–Kier alpha value is -2.66. The monoisotopic (exact) mass is 479 g/mol. The number of methoxy groups -OCH3 is 1. The highest BCUT2D eigenvalue weighted by molar-refractivity contribution is 7.92. The van der Waals surface area contributed by atoms with Crippen LogP contribution >= 0.6 is 11.6 Å². The molecule has 0 spiro atoms. The van der Waals surface area contributed by atoms with Gasteiger partial charge in [-0.05, 0) is 35.9 Å². The zero-order valence-corrected chi connectivity index (χ0v) is 17.7. The third kappa shape index (κ3) is 4.99. The smallest absolute Gasteiger partial charge is 0.495 e. The van der Waals surface area contributed by atoms with Crippen molar-refractivity contribution in [2.45, 2.75) is 23.2 Å². The number of anilines is 1. The average Bonchev–Trinajstić information content (AvgIpc) is 2.92. The number of benzene rings is 2. The number of rotatable bonds is 5. The second-order valence-electron chi connectivity index (χ2n) is 6.49.